The van der Waals surface area contributed by atoms with E-state index in [4.69, 9.17) is 5.11 Å². The lowest BCUT2D eigenvalue weighted by molar-refractivity contribution is -0.143. The van der Waals surface area contributed by atoms with Gasteiger partial charge in [-0.3, -0.25) is 9.59 Å². The van der Waals surface area contributed by atoms with Crippen LogP contribution in [0, 0.1) is 5.92 Å². The summed E-state index contributed by atoms with van der Waals surface area (Å²) in [6.45, 7) is 2.37. The number of hydrogen-bond donors (Lipinski definition) is 1. The van der Waals surface area contributed by atoms with Crippen molar-refractivity contribution in [2.45, 2.75) is 25.8 Å². The fourth-order valence-electron chi connectivity index (χ4n) is 3.06. The van der Waals surface area contributed by atoms with Crippen LogP contribution in [0.2, 0.25) is 0 Å². The normalized spacial score (nSPS) is 21.9. The van der Waals surface area contributed by atoms with E-state index in [1.165, 1.54) is 4.70 Å². The molecule has 0 aliphatic carbocycles. The van der Waals surface area contributed by atoms with Crippen LogP contribution in [0.25, 0.3) is 10.1 Å². The second-order valence-electron chi connectivity index (χ2n) is 5.50. The van der Waals surface area contributed by atoms with Crippen molar-refractivity contribution in [2.24, 2.45) is 5.92 Å². The number of fused-ring (bicyclic) bond motifs is 1. The number of hydrogen-bond acceptors (Lipinski definition) is 3. The minimum absolute atomic E-state index is 0.0230. The summed E-state index contributed by atoms with van der Waals surface area (Å²) in [5.74, 6) is -1.22. The number of benzene rings is 1. The van der Waals surface area contributed by atoms with E-state index in [-0.39, 0.29) is 11.9 Å². The van der Waals surface area contributed by atoms with Crippen molar-refractivity contribution in [3.8, 4) is 0 Å². The van der Waals surface area contributed by atoms with Gasteiger partial charge in [-0.15, -0.1) is 11.3 Å². The topological polar surface area (TPSA) is 57.6 Å². The van der Waals surface area contributed by atoms with Gasteiger partial charge in [-0.1, -0.05) is 18.2 Å². The molecule has 1 fully saturated rings. The Kier molecular flexibility index (Phi) is 3.68. The maximum Gasteiger partial charge on any atom is 0.308 e. The third-order valence-electron chi connectivity index (χ3n) is 4.30. The first-order valence-electron chi connectivity index (χ1n) is 7.05. The van der Waals surface area contributed by atoms with Gasteiger partial charge in [0.1, 0.15) is 0 Å². The van der Waals surface area contributed by atoms with E-state index in [0.717, 1.165) is 10.9 Å². The summed E-state index contributed by atoms with van der Waals surface area (Å²) in [6, 6.07) is 7.82. The summed E-state index contributed by atoms with van der Waals surface area (Å²) in [6.07, 6.45) is 0.896. The number of carbonyl (C=O) groups excluding carboxylic acids is 1. The van der Waals surface area contributed by atoms with Crippen LogP contribution in [0.3, 0.4) is 0 Å². The number of nitrogens with zero attached hydrogens (tertiary/aromatic N) is 1. The number of thiophene rings is 1. The molecule has 1 saturated heterocycles. The van der Waals surface area contributed by atoms with Gasteiger partial charge in [0.15, 0.2) is 0 Å². The predicted molar refractivity (Wildman–Crippen MR) is 82.4 cm³/mol. The quantitative estimate of drug-likeness (QED) is 0.948. The monoisotopic (exact) mass is 303 g/mol. The Balaban J connectivity index is 1.76. The molecule has 110 valence electrons. The maximum absolute atomic E-state index is 12.5. The van der Waals surface area contributed by atoms with Gasteiger partial charge in [-0.2, -0.15) is 0 Å². The fourth-order valence-corrected chi connectivity index (χ4v) is 4.02. The SMILES string of the molecule is CC1C(C(=O)O)CCN1C(=O)Cc1csc2ccccc12. The standard InChI is InChI=1S/C16H17NO3S/c1-10-12(16(19)20)6-7-17(10)15(18)8-11-9-21-14-5-3-2-4-13(11)14/h2-5,9-10,12H,6-8H2,1H3,(H,19,20). The molecule has 1 aromatic heterocycles. The molecular formula is C16H17NO3S. The Hall–Kier alpha value is -1.88. The Morgan fingerprint density at radius 3 is 2.86 bits per heavy atom. The molecule has 0 bridgehead atoms. The van der Waals surface area contributed by atoms with Gasteiger partial charge in [0, 0.05) is 17.3 Å². The highest BCUT2D eigenvalue weighted by molar-refractivity contribution is 7.17. The second-order valence-corrected chi connectivity index (χ2v) is 6.41. The van der Waals surface area contributed by atoms with E-state index in [1.807, 2.05) is 36.6 Å². The molecular weight excluding hydrogens is 286 g/mol. The number of carboxylic acids is 1. The summed E-state index contributed by atoms with van der Waals surface area (Å²) in [7, 11) is 0. The Bertz CT molecular complexity index is 694. The van der Waals surface area contributed by atoms with Gasteiger partial charge in [0.05, 0.1) is 12.3 Å². The van der Waals surface area contributed by atoms with Crippen molar-refractivity contribution >= 4 is 33.3 Å². The minimum atomic E-state index is -0.807. The van der Waals surface area contributed by atoms with Gasteiger partial charge in [-0.25, -0.2) is 0 Å². The third-order valence-corrected chi connectivity index (χ3v) is 5.31. The van der Waals surface area contributed by atoms with Crippen LogP contribution in [0.5, 0.6) is 0 Å². The third kappa shape index (κ3) is 2.53. The van der Waals surface area contributed by atoms with Crippen molar-refractivity contribution in [3.63, 3.8) is 0 Å². The number of rotatable bonds is 3. The van der Waals surface area contributed by atoms with Crippen LogP contribution in [0.1, 0.15) is 18.9 Å². The lowest BCUT2D eigenvalue weighted by Gasteiger charge is -2.23. The van der Waals surface area contributed by atoms with Crippen LogP contribution in [-0.2, 0) is 16.0 Å². The first-order chi connectivity index (χ1) is 10.1. The first-order valence-corrected chi connectivity index (χ1v) is 7.93. The molecule has 1 aliphatic rings. The summed E-state index contributed by atoms with van der Waals surface area (Å²) in [4.78, 5) is 25.3. The van der Waals surface area contributed by atoms with Crippen LogP contribution in [-0.4, -0.2) is 34.5 Å². The first kappa shape index (κ1) is 14.1. The average Bonchev–Trinajstić information content (AvgIpc) is 3.03. The van der Waals surface area contributed by atoms with Crippen molar-refractivity contribution < 1.29 is 14.7 Å². The average molecular weight is 303 g/mol. The van der Waals surface area contributed by atoms with E-state index in [0.29, 0.717) is 19.4 Å². The molecule has 2 heterocycles. The van der Waals surface area contributed by atoms with Gasteiger partial charge in [0.25, 0.3) is 0 Å². The largest absolute Gasteiger partial charge is 0.481 e. The molecule has 0 spiro atoms. The molecule has 1 aliphatic heterocycles. The maximum atomic E-state index is 12.5. The number of aliphatic carboxylic acids is 1. The van der Waals surface area contributed by atoms with Crippen molar-refractivity contribution in [1.29, 1.82) is 0 Å². The summed E-state index contributed by atoms with van der Waals surface area (Å²) < 4.78 is 1.18. The van der Waals surface area contributed by atoms with Crippen molar-refractivity contribution in [2.75, 3.05) is 6.54 Å². The highest BCUT2D eigenvalue weighted by atomic mass is 32.1. The molecule has 3 rings (SSSR count). The highest BCUT2D eigenvalue weighted by Gasteiger charge is 2.37. The Labute approximate surface area is 127 Å². The van der Waals surface area contributed by atoms with Gasteiger partial charge >= 0.3 is 5.97 Å². The molecule has 1 amide bonds. The number of amides is 1. The molecule has 2 aromatic rings. The molecule has 0 saturated carbocycles. The van der Waals surface area contributed by atoms with Crippen LogP contribution in [0.4, 0.5) is 0 Å². The molecule has 5 heteroatoms. The van der Waals surface area contributed by atoms with Crippen molar-refractivity contribution in [3.05, 3.63) is 35.2 Å². The number of carboxylic acid groups (broad SMARTS) is 1. The molecule has 1 N–H and O–H groups in total. The summed E-state index contributed by atoms with van der Waals surface area (Å²) in [5, 5.41) is 12.3. The molecule has 2 atom stereocenters. The van der Waals surface area contributed by atoms with Crippen LogP contribution >= 0.6 is 11.3 Å². The molecule has 4 nitrogen and oxygen atoms in total. The highest BCUT2D eigenvalue weighted by Crippen LogP contribution is 2.29. The van der Waals surface area contributed by atoms with E-state index in [9.17, 15) is 9.59 Å². The predicted octanol–water partition coefficient (Wildman–Crippen LogP) is 2.77. The zero-order valence-electron chi connectivity index (χ0n) is 11.8. The smallest absolute Gasteiger partial charge is 0.308 e. The van der Waals surface area contributed by atoms with E-state index in [1.54, 1.807) is 16.2 Å². The number of carbonyl (C=O) groups is 2. The van der Waals surface area contributed by atoms with Crippen LogP contribution in [0.15, 0.2) is 29.6 Å². The summed E-state index contributed by atoms with van der Waals surface area (Å²) >= 11 is 1.64. The van der Waals surface area contributed by atoms with Crippen LogP contribution < -0.4 is 0 Å². The van der Waals surface area contributed by atoms with Gasteiger partial charge in [-0.05, 0) is 35.7 Å². The Morgan fingerprint density at radius 1 is 1.38 bits per heavy atom. The molecule has 21 heavy (non-hydrogen) atoms. The second kappa shape index (κ2) is 5.48. The zero-order valence-corrected chi connectivity index (χ0v) is 12.6. The van der Waals surface area contributed by atoms with E-state index >= 15 is 0 Å². The summed E-state index contributed by atoms with van der Waals surface area (Å²) in [5.41, 5.74) is 1.03. The van der Waals surface area contributed by atoms with E-state index < -0.39 is 11.9 Å². The fraction of sp³-hybridized carbons (Fsp3) is 0.375. The number of likely N-dealkylation sites (tertiary alicyclic amines) is 1. The van der Waals surface area contributed by atoms with Gasteiger partial charge < -0.3 is 10.0 Å². The Morgan fingerprint density at radius 2 is 2.14 bits per heavy atom. The lowest BCUT2D eigenvalue weighted by Crippen LogP contribution is -2.38. The molecule has 0 radical (unpaired) electrons. The minimum Gasteiger partial charge on any atom is -0.481 e. The zero-order chi connectivity index (χ0) is 15.0. The van der Waals surface area contributed by atoms with E-state index in [2.05, 4.69) is 0 Å². The molecule has 1 aromatic carbocycles. The van der Waals surface area contributed by atoms with Crippen molar-refractivity contribution in [1.82, 2.24) is 4.90 Å². The lowest BCUT2D eigenvalue weighted by atomic mass is 10.0. The molecule has 2 unspecified atom stereocenters. The van der Waals surface area contributed by atoms with Gasteiger partial charge in [0.2, 0.25) is 5.91 Å².